The Labute approximate surface area is 223 Å². The van der Waals surface area contributed by atoms with Crippen molar-refractivity contribution in [2.75, 3.05) is 23.7 Å². The zero-order valence-corrected chi connectivity index (χ0v) is 22.5. The largest absolute Gasteiger partial charge is 0.326 e. The van der Waals surface area contributed by atoms with Crippen molar-refractivity contribution < 1.29 is 22.4 Å². The molecule has 9 heteroatoms. The third-order valence-electron chi connectivity index (χ3n) is 6.61. The van der Waals surface area contributed by atoms with Gasteiger partial charge >= 0.3 is 0 Å². The molecule has 2 amide bonds. The van der Waals surface area contributed by atoms with Gasteiger partial charge in [0.1, 0.15) is 5.82 Å². The maximum Gasteiger partial charge on any atom is 0.255 e. The summed E-state index contributed by atoms with van der Waals surface area (Å²) in [5, 5.41) is 5.70. The number of nitrogens with zero attached hydrogens (tertiary/aromatic N) is 1. The summed E-state index contributed by atoms with van der Waals surface area (Å²) in [6, 6.07) is 18.9. The van der Waals surface area contributed by atoms with Gasteiger partial charge in [-0.05, 0) is 78.4 Å². The van der Waals surface area contributed by atoms with Crippen molar-refractivity contribution in [3.8, 4) is 0 Å². The van der Waals surface area contributed by atoms with Crippen LogP contribution in [0.15, 0.2) is 77.7 Å². The summed E-state index contributed by atoms with van der Waals surface area (Å²) >= 11 is 0. The number of nitrogens with one attached hydrogen (secondary N) is 2. The lowest BCUT2D eigenvalue weighted by molar-refractivity contribution is -0.120. The van der Waals surface area contributed by atoms with Crippen molar-refractivity contribution in [3.05, 3.63) is 89.7 Å². The Kier molecular flexibility index (Phi) is 7.99. The summed E-state index contributed by atoms with van der Waals surface area (Å²) in [5.74, 6) is -1.62. The summed E-state index contributed by atoms with van der Waals surface area (Å²) in [5.41, 5.74) is 2.66. The topological polar surface area (TPSA) is 95.6 Å². The Morgan fingerprint density at radius 3 is 2.18 bits per heavy atom. The predicted octanol–water partition coefficient (Wildman–Crippen LogP) is 5.41. The number of carbonyl (C=O) groups excluding carboxylic acids is 2. The van der Waals surface area contributed by atoms with Crippen LogP contribution >= 0.6 is 0 Å². The van der Waals surface area contributed by atoms with Gasteiger partial charge in [-0.1, -0.05) is 39.0 Å². The molecule has 3 aromatic rings. The van der Waals surface area contributed by atoms with E-state index in [1.54, 1.807) is 36.4 Å². The predicted molar refractivity (Wildman–Crippen MR) is 146 cm³/mol. The zero-order chi connectivity index (χ0) is 27.5. The first-order valence-electron chi connectivity index (χ1n) is 12.5. The van der Waals surface area contributed by atoms with Crippen LogP contribution in [0.2, 0.25) is 0 Å². The molecule has 2 N–H and O–H groups in total. The first kappa shape index (κ1) is 27.5. The number of hydrogen-bond acceptors (Lipinski definition) is 4. The van der Waals surface area contributed by atoms with Gasteiger partial charge in [0.15, 0.2) is 0 Å². The Balaban J connectivity index is 1.39. The monoisotopic (exact) mass is 537 g/mol. The van der Waals surface area contributed by atoms with Crippen molar-refractivity contribution in [1.82, 2.24) is 4.31 Å². The number of anilines is 2. The van der Waals surface area contributed by atoms with Crippen LogP contribution in [-0.2, 0) is 20.2 Å². The van der Waals surface area contributed by atoms with E-state index in [9.17, 15) is 22.4 Å². The molecule has 1 atom stereocenters. The molecule has 7 nitrogen and oxygen atoms in total. The molecule has 3 aromatic carbocycles. The number of hydrogen-bond donors (Lipinski definition) is 2. The highest BCUT2D eigenvalue weighted by molar-refractivity contribution is 7.89. The van der Waals surface area contributed by atoms with Crippen LogP contribution in [0.25, 0.3) is 0 Å². The highest BCUT2D eigenvalue weighted by Gasteiger charge is 2.33. The molecule has 0 aliphatic carbocycles. The lowest BCUT2D eigenvalue weighted by Crippen LogP contribution is -2.43. The highest BCUT2D eigenvalue weighted by atomic mass is 32.2. The number of rotatable bonds is 6. The number of amides is 2. The summed E-state index contributed by atoms with van der Waals surface area (Å²) < 4.78 is 40.5. The van der Waals surface area contributed by atoms with E-state index in [1.807, 2.05) is 12.1 Å². The number of carbonyl (C=O) groups is 2. The molecule has 1 saturated heterocycles. The summed E-state index contributed by atoms with van der Waals surface area (Å²) in [6.45, 7) is 6.65. The fraction of sp³-hybridized carbons (Fsp3) is 0.310. The van der Waals surface area contributed by atoms with Crippen LogP contribution in [0.1, 0.15) is 49.5 Å². The second kappa shape index (κ2) is 11.0. The summed E-state index contributed by atoms with van der Waals surface area (Å²) in [7, 11) is -3.84. The van der Waals surface area contributed by atoms with Crippen molar-refractivity contribution in [3.63, 3.8) is 0 Å². The smallest absolute Gasteiger partial charge is 0.255 e. The first-order valence-corrected chi connectivity index (χ1v) is 14.0. The standard InChI is InChI=1S/C29H32FN3O4S/c1-29(2,3)22-11-9-20(10-12-22)27(34)31-24-7-4-8-25(18-24)32-28(35)21-6-5-17-33(19-21)38(36,37)26-15-13-23(30)14-16-26/h4,7-16,18,21H,5-6,17,19H2,1-3H3,(H,31,34)(H,32,35)/t21-/m1/s1. The van der Waals surface area contributed by atoms with Crippen molar-refractivity contribution in [1.29, 1.82) is 0 Å². The second-order valence-electron chi connectivity index (χ2n) is 10.5. The summed E-state index contributed by atoms with van der Waals surface area (Å²) in [4.78, 5) is 25.8. The summed E-state index contributed by atoms with van der Waals surface area (Å²) in [6.07, 6.45) is 1.07. The molecule has 1 heterocycles. The van der Waals surface area contributed by atoms with Gasteiger partial charge in [-0.25, -0.2) is 12.8 Å². The molecule has 1 aliphatic heterocycles. The van der Waals surface area contributed by atoms with Gasteiger partial charge < -0.3 is 10.6 Å². The molecule has 4 rings (SSSR count). The molecule has 0 saturated carbocycles. The van der Waals surface area contributed by atoms with Gasteiger partial charge in [0.2, 0.25) is 15.9 Å². The normalized spacial score (nSPS) is 16.6. The van der Waals surface area contributed by atoms with E-state index < -0.39 is 21.8 Å². The second-order valence-corrected chi connectivity index (χ2v) is 12.4. The molecule has 0 spiro atoms. The van der Waals surface area contributed by atoms with E-state index in [4.69, 9.17) is 0 Å². The Hall–Kier alpha value is -3.56. The Bertz CT molecular complexity index is 1420. The quantitative estimate of drug-likeness (QED) is 0.439. The Morgan fingerprint density at radius 2 is 1.55 bits per heavy atom. The van der Waals surface area contributed by atoms with Gasteiger partial charge in [-0.15, -0.1) is 0 Å². The van der Waals surface area contributed by atoms with Gasteiger partial charge in [0.25, 0.3) is 5.91 Å². The molecule has 0 bridgehead atoms. The zero-order valence-electron chi connectivity index (χ0n) is 21.7. The number of benzene rings is 3. The molecule has 0 radical (unpaired) electrons. The lowest BCUT2D eigenvalue weighted by Gasteiger charge is -2.31. The molecule has 0 unspecified atom stereocenters. The van der Waals surface area contributed by atoms with Gasteiger partial charge in [0.05, 0.1) is 10.8 Å². The van der Waals surface area contributed by atoms with Crippen molar-refractivity contribution >= 4 is 33.2 Å². The van der Waals surface area contributed by atoms with E-state index in [-0.39, 0.29) is 28.7 Å². The van der Waals surface area contributed by atoms with Crippen LogP contribution in [0, 0.1) is 11.7 Å². The molecule has 0 aromatic heterocycles. The van der Waals surface area contributed by atoms with Crippen molar-refractivity contribution in [2.24, 2.45) is 5.92 Å². The average molecular weight is 538 g/mol. The average Bonchev–Trinajstić information content (AvgIpc) is 2.89. The molecule has 38 heavy (non-hydrogen) atoms. The van der Waals surface area contributed by atoms with E-state index >= 15 is 0 Å². The minimum atomic E-state index is -3.84. The van der Waals surface area contributed by atoms with Crippen LogP contribution in [0.4, 0.5) is 15.8 Å². The Morgan fingerprint density at radius 1 is 0.921 bits per heavy atom. The van der Waals surface area contributed by atoms with Crippen molar-refractivity contribution in [2.45, 2.75) is 43.9 Å². The number of sulfonamides is 1. The molecule has 200 valence electrons. The first-order chi connectivity index (χ1) is 17.9. The van der Waals surface area contributed by atoms with Crippen LogP contribution in [0.5, 0.6) is 0 Å². The maximum absolute atomic E-state index is 13.2. The fourth-order valence-electron chi connectivity index (χ4n) is 4.37. The van der Waals surface area contributed by atoms with Crippen LogP contribution < -0.4 is 10.6 Å². The maximum atomic E-state index is 13.2. The minimum Gasteiger partial charge on any atom is -0.326 e. The van der Waals surface area contributed by atoms with Gasteiger partial charge in [-0.3, -0.25) is 9.59 Å². The van der Waals surface area contributed by atoms with Gasteiger partial charge in [0, 0.05) is 30.0 Å². The van der Waals surface area contributed by atoms with Crippen LogP contribution in [0.3, 0.4) is 0 Å². The van der Waals surface area contributed by atoms with Gasteiger partial charge in [-0.2, -0.15) is 4.31 Å². The number of piperidine rings is 1. The third kappa shape index (κ3) is 6.46. The van der Waals surface area contributed by atoms with E-state index in [2.05, 4.69) is 31.4 Å². The SMILES string of the molecule is CC(C)(C)c1ccc(C(=O)Nc2cccc(NC(=O)[C@@H]3CCCN(S(=O)(=O)c4ccc(F)cc4)C3)c2)cc1. The molecular weight excluding hydrogens is 505 g/mol. The molecule has 1 fully saturated rings. The van der Waals surface area contributed by atoms with E-state index in [0.717, 1.165) is 17.7 Å². The number of halogens is 1. The molecule has 1 aliphatic rings. The van der Waals surface area contributed by atoms with E-state index in [0.29, 0.717) is 36.3 Å². The minimum absolute atomic E-state index is 0.00329. The fourth-order valence-corrected chi connectivity index (χ4v) is 5.90. The van der Waals surface area contributed by atoms with E-state index in [1.165, 1.54) is 16.4 Å². The lowest BCUT2D eigenvalue weighted by atomic mass is 9.87. The highest BCUT2D eigenvalue weighted by Crippen LogP contribution is 2.26. The third-order valence-corrected chi connectivity index (χ3v) is 8.49. The molecular formula is C29H32FN3O4S. The van der Waals surface area contributed by atoms with Crippen LogP contribution in [-0.4, -0.2) is 37.6 Å².